The van der Waals surface area contributed by atoms with E-state index in [1.54, 1.807) is 27.5 Å². The first-order chi connectivity index (χ1) is 18.7. The summed E-state index contributed by atoms with van der Waals surface area (Å²) in [6.07, 6.45) is 1.79. The van der Waals surface area contributed by atoms with Crippen molar-refractivity contribution >= 4 is 12.9 Å². The molecule has 0 fully saturated rings. The van der Waals surface area contributed by atoms with Crippen LogP contribution in [0.3, 0.4) is 0 Å². The van der Waals surface area contributed by atoms with Gasteiger partial charge in [0.25, 0.3) is 0 Å². The van der Waals surface area contributed by atoms with E-state index in [1.165, 1.54) is 0 Å². The van der Waals surface area contributed by atoms with Crippen LogP contribution in [-0.4, -0.2) is 43.7 Å². The highest BCUT2D eigenvalue weighted by atomic mass is 16.5. The van der Waals surface area contributed by atoms with E-state index in [0.717, 1.165) is 33.4 Å². The molecular weight excluding hydrogens is 483 g/mol. The third-order valence-corrected chi connectivity index (χ3v) is 6.89. The zero-order valence-corrected chi connectivity index (χ0v) is 22.5. The number of benzene rings is 3. The van der Waals surface area contributed by atoms with Crippen LogP contribution in [0.2, 0.25) is 0 Å². The van der Waals surface area contributed by atoms with Crippen LogP contribution in [0, 0.1) is 0 Å². The molecule has 0 aliphatic rings. The van der Waals surface area contributed by atoms with Crippen molar-refractivity contribution in [2.45, 2.75) is 38.9 Å². The van der Waals surface area contributed by atoms with E-state index in [9.17, 15) is 5.11 Å². The Morgan fingerprint density at radius 3 is 1.54 bits per heavy atom. The number of pyridine rings is 1. The molecule has 0 bridgehead atoms. The van der Waals surface area contributed by atoms with E-state index in [0.29, 0.717) is 17.5 Å². The number of aromatic nitrogens is 4. The monoisotopic (exact) mass is 513 g/mol. The molecule has 193 valence electrons. The maximum absolute atomic E-state index is 10.3. The standard InChI is InChI=1S/C32H30BN4O2/c1-31(2,38)32(3,4)39-33-26-18-15-22(16-19-26)27-20-17-25(21-34-27)30-36-28(23-11-7-5-8-12-23)35-29(37-30)24-13-9-6-10-14-24/h5-21,38H,1-4H3. The minimum atomic E-state index is -0.975. The quantitative estimate of drug-likeness (QED) is 0.267. The normalized spacial score (nSPS) is 11.8. The molecule has 0 atom stereocenters. The molecule has 1 N–H and O–H groups in total. The second kappa shape index (κ2) is 10.9. The van der Waals surface area contributed by atoms with Crippen molar-refractivity contribution in [1.82, 2.24) is 19.9 Å². The summed E-state index contributed by atoms with van der Waals surface area (Å²) in [6, 6.07) is 31.7. The minimum Gasteiger partial charge on any atom is -0.427 e. The molecule has 0 unspecified atom stereocenters. The van der Waals surface area contributed by atoms with Gasteiger partial charge in [0.15, 0.2) is 17.5 Å². The Balaban J connectivity index is 1.39. The van der Waals surface area contributed by atoms with E-state index in [4.69, 9.17) is 24.6 Å². The Morgan fingerprint density at radius 1 is 0.590 bits per heavy atom. The van der Waals surface area contributed by atoms with Crippen LogP contribution < -0.4 is 5.46 Å². The van der Waals surface area contributed by atoms with E-state index in [2.05, 4.69) is 0 Å². The van der Waals surface area contributed by atoms with Gasteiger partial charge in [-0.05, 0) is 39.8 Å². The Morgan fingerprint density at radius 2 is 1.08 bits per heavy atom. The first-order valence-corrected chi connectivity index (χ1v) is 12.9. The molecule has 3 aromatic carbocycles. The smallest absolute Gasteiger partial charge is 0.330 e. The molecule has 39 heavy (non-hydrogen) atoms. The molecule has 2 heterocycles. The lowest BCUT2D eigenvalue weighted by atomic mass is 9.82. The largest absolute Gasteiger partial charge is 0.427 e. The molecule has 5 aromatic rings. The van der Waals surface area contributed by atoms with Crippen LogP contribution in [0.15, 0.2) is 103 Å². The van der Waals surface area contributed by atoms with E-state index in [1.807, 2.05) is 111 Å². The number of aliphatic hydroxyl groups is 1. The lowest BCUT2D eigenvalue weighted by Crippen LogP contribution is -2.49. The van der Waals surface area contributed by atoms with Crippen molar-refractivity contribution in [2.75, 3.05) is 0 Å². The Labute approximate surface area is 230 Å². The summed E-state index contributed by atoms with van der Waals surface area (Å²) >= 11 is 0. The fourth-order valence-corrected chi connectivity index (χ4v) is 3.73. The molecule has 0 aliphatic heterocycles. The number of rotatable bonds is 8. The predicted molar refractivity (Wildman–Crippen MR) is 156 cm³/mol. The third kappa shape index (κ3) is 6.11. The lowest BCUT2D eigenvalue weighted by Gasteiger charge is -2.37. The fourth-order valence-electron chi connectivity index (χ4n) is 3.73. The molecule has 6 nitrogen and oxygen atoms in total. The van der Waals surface area contributed by atoms with E-state index < -0.39 is 11.2 Å². The fraction of sp³-hybridized carbons (Fsp3) is 0.188. The minimum absolute atomic E-state index is 0.568. The molecule has 0 spiro atoms. The van der Waals surface area contributed by atoms with Crippen LogP contribution in [0.5, 0.6) is 0 Å². The topological polar surface area (TPSA) is 81.0 Å². The first-order valence-electron chi connectivity index (χ1n) is 12.9. The zero-order valence-electron chi connectivity index (χ0n) is 22.5. The number of hydrogen-bond donors (Lipinski definition) is 1. The molecule has 1 radical (unpaired) electrons. The summed E-state index contributed by atoms with van der Waals surface area (Å²) < 4.78 is 5.86. The van der Waals surface area contributed by atoms with Crippen molar-refractivity contribution in [3.8, 4) is 45.4 Å². The summed E-state index contributed by atoms with van der Waals surface area (Å²) in [4.78, 5) is 19.0. The SMILES string of the molecule is CC(C)(O)C(C)(C)O[B]c1ccc(-c2ccc(-c3nc(-c4ccccc4)nc(-c4ccccc4)n3)cn2)cc1. The van der Waals surface area contributed by atoms with Gasteiger partial charge in [-0.15, -0.1) is 0 Å². The van der Waals surface area contributed by atoms with Crippen molar-refractivity contribution in [3.05, 3.63) is 103 Å². The lowest BCUT2D eigenvalue weighted by molar-refractivity contribution is -0.0893. The first kappa shape index (κ1) is 26.4. The average Bonchev–Trinajstić information content (AvgIpc) is 2.97. The highest BCUT2D eigenvalue weighted by molar-refractivity contribution is 6.47. The zero-order chi connectivity index (χ0) is 27.5. The molecule has 0 aliphatic carbocycles. The van der Waals surface area contributed by atoms with Crippen LogP contribution in [0.4, 0.5) is 0 Å². The Hall–Kier alpha value is -4.20. The summed E-state index contributed by atoms with van der Waals surface area (Å²) in [6.45, 7) is 7.20. The van der Waals surface area contributed by atoms with Gasteiger partial charge in [0.1, 0.15) is 0 Å². The summed E-state index contributed by atoms with van der Waals surface area (Å²) in [5.41, 5.74) is 3.68. The predicted octanol–water partition coefficient (Wildman–Crippen LogP) is 5.75. The van der Waals surface area contributed by atoms with Crippen LogP contribution in [0.1, 0.15) is 27.7 Å². The van der Waals surface area contributed by atoms with Crippen LogP contribution in [-0.2, 0) is 4.65 Å². The van der Waals surface area contributed by atoms with Gasteiger partial charge in [0.05, 0.1) is 16.9 Å². The van der Waals surface area contributed by atoms with Gasteiger partial charge in [0, 0.05) is 28.5 Å². The summed E-state index contributed by atoms with van der Waals surface area (Å²) in [5.74, 6) is 1.80. The van der Waals surface area contributed by atoms with Gasteiger partial charge in [-0.1, -0.05) is 90.4 Å². The number of nitrogens with zero attached hydrogens (tertiary/aromatic N) is 4. The van der Waals surface area contributed by atoms with Crippen LogP contribution >= 0.6 is 0 Å². The Kier molecular flexibility index (Phi) is 7.37. The molecular formula is C32H30BN4O2. The van der Waals surface area contributed by atoms with Crippen molar-refractivity contribution in [2.24, 2.45) is 0 Å². The highest BCUT2D eigenvalue weighted by Crippen LogP contribution is 2.26. The molecule has 0 saturated heterocycles. The maximum Gasteiger partial charge on any atom is 0.330 e. The van der Waals surface area contributed by atoms with Crippen molar-refractivity contribution in [1.29, 1.82) is 0 Å². The second-order valence-corrected chi connectivity index (χ2v) is 10.4. The molecule has 7 heteroatoms. The average molecular weight is 513 g/mol. The van der Waals surface area contributed by atoms with Gasteiger partial charge in [-0.3, -0.25) is 4.98 Å². The third-order valence-electron chi connectivity index (χ3n) is 6.89. The number of hydrogen-bond acceptors (Lipinski definition) is 6. The second-order valence-electron chi connectivity index (χ2n) is 10.4. The maximum atomic E-state index is 10.3. The molecule has 0 amide bonds. The van der Waals surface area contributed by atoms with Crippen molar-refractivity contribution in [3.63, 3.8) is 0 Å². The Bertz CT molecular complexity index is 1480. The molecule has 5 rings (SSSR count). The van der Waals surface area contributed by atoms with Gasteiger partial charge in [0.2, 0.25) is 0 Å². The highest BCUT2D eigenvalue weighted by Gasteiger charge is 2.35. The molecule has 2 aromatic heterocycles. The van der Waals surface area contributed by atoms with E-state index >= 15 is 0 Å². The van der Waals surface area contributed by atoms with E-state index in [-0.39, 0.29) is 0 Å². The van der Waals surface area contributed by atoms with Gasteiger partial charge in [-0.2, -0.15) is 0 Å². The summed E-state index contributed by atoms with van der Waals surface area (Å²) in [5, 5.41) is 10.3. The van der Waals surface area contributed by atoms with Crippen molar-refractivity contribution < 1.29 is 9.76 Å². The van der Waals surface area contributed by atoms with Gasteiger partial charge >= 0.3 is 7.48 Å². The molecule has 0 saturated carbocycles. The van der Waals surface area contributed by atoms with Gasteiger partial charge in [-0.25, -0.2) is 15.0 Å². The summed E-state index contributed by atoms with van der Waals surface area (Å²) in [7, 11) is 1.67. The van der Waals surface area contributed by atoms with Crippen LogP contribution in [0.25, 0.3) is 45.4 Å². The van der Waals surface area contributed by atoms with Gasteiger partial charge < -0.3 is 9.76 Å².